The van der Waals surface area contributed by atoms with E-state index >= 15 is 0 Å². The van der Waals surface area contributed by atoms with Crippen LogP contribution in [0.5, 0.6) is 0 Å². The van der Waals surface area contributed by atoms with Gasteiger partial charge < -0.3 is 14.6 Å². The average molecular weight is 539 g/mol. The van der Waals surface area contributed by atoms with Crippen LogP contribution in [0.3, 0.4) is 0 Å². The minimum atomic E-state index is -3.69. The Hall–Kier alpha value is -3.22. The van der Waals surface area contributed by atoms with Crippen molar-refractivity contribution < 1.29 is 23.0 Å². The Morgan fingerprint density at radius 1 is 0.973 bits per heavy atom. The Bertz CT molecular complexity index is 1380. The molecular formula is C26H26N4O5S2. The van der Waals surface area contributed by atoms with Gasteiger partial charge in [-0.3, -0.25) is 9.82 Å². The van der Waals surface area contributed by atoms with Gasteiger partial charge in [0, 0.05) is 23.4 Å². The van der Waals surface area contributed by atoms with Gasteiger partial charge in [0.1, 0.15) is 6.33 Å². The van der Waals surface area contributed by atoms with E-state index < -0.39 is 16.3 Å². The number of thioether (sulfide) groups is 1. The van der Waals surface area contributed by atoms with E-state index in [1.54, 1.807) is 54.6 Å². The average Bonchev–Trinajstić information content (AvgIpc) is 3.46. The number of benzene rings is 3. The highest BCUT2D eigenvalue weighted by Crippen LogP contribution is 2.39. The Kier molecular flexibility index (Phi) is 7.87. The molecular weight excluding hydrogens is 512 g/mol. The van der Waals surface area contributed by atoms with E-state index in [2.05, 4.69) is 19.9 Å². The van der Waals surface area contributed by atoms with Gasteiger partial charge in [-0.05, 0) is 35.4 Å². The molecule has 1 aromatic heterocycles. The van der Waals surface area contributed by atoms with E-state index in [0.29, 0.717) is 23.0 Å². The number of rotatable bonds is 9. The van der Waals surface area contributed by atoms with E-state index in [4.69, 9.17) is 9.47 Å². The molecule has 0 radical (unpaired) electrons. The maximum atomic E-state index is 12.7. The van der Waals surface area contributed by atoms with E-state index in [1.807, 2.05) is 24.3 Å². The van der Waals surface area contributed by atoms with Crippen LogP contribution >= 0.6 is 11.8 Å². The van der Waals surface area contributed by atoms with Gasteiger partial charge >= 0.3 is 0 Å². The van der Waals surface area contributed by atoms with E-state index in [-0.39, 0.29) is 23.7 Å². The monoisotopic (exact) mass is 538 g/mol. The van der Waals surface area contributed by atoms with Crippen LogP contribution in [0.25, 0.3) is 0 Å². The Labute approximate surface area is 219 Å². The predicted octanol–water partition coefficient (Wildman–Crippen LogP) is 4.44. The number of hydrogen-bond acceptors (Lipinski definition) is 8. The molecule has 192 valence electrons. The molecule has 0 spiro atoms. The highest BCUT2D eigenvalue weighted by molar-refractivity contribution is 7.99. The number of hydrogen-bond donors (Lipinski definition) is 3. The molecule has 0 aliphatic carbocycles. The molecule has 5 rings (SSSR count). The van der Waals surface area contributed by atoms with Crippen molar-refractivity contribution in [2.75, 3.05) is 10.5 Å². The maximum Gasteiger partial charge on any atom is 0.261 e. The third-order valence-corrected chi connectivity index (χ3v) is 8.31. The van der Waals surface area contributed by atoms with Crippen molar-refractivity contribution in [3.63, 3.8) is 0 Å². The van der Waals surface area contributed by atoms with Gasteiger partial charge in [0.15, 0.2) is 11.4 Å². The van der Waals surface area contributed by atoms with E-state index in [0.717, 1.165) is 16.7 Å². The maximum absolute atomic E-state index is 12.7. The number of H-pyrrole nitrogens is 1. The zero-order valence-corrected chi connectivity index (χ0v) is 21.4. The first-order valence-corrected chi connectivity index (χ1v) is 14.1. The number of sulfonamides is 1. The van der Waals surface area contributed by atoms with Gasteiger partial charge in [0.05, 0.1) is 23.7 Å². The number of aromatic amines is 1. The molecule has 1 aliphatic rings. The van der Waals surface area contributed by atoms with Crippen LogP contribution in [0, 0.1) is 0 Å². The summed E-state index contributed by atoms with van der Waals surface area (Å²) < 4.78 is 40.6. The second kappa shape index (κ2) is 11.4. The summed E-state index contributed by atoms with van der Waals surface area (Å²) in [6, 6.07) is 22.9. The lowest BCUT2D eigenvalue weighted by Gasteiger charge is -2.36. The summed E-state index contributed by atoms with van der Waals surface area (Å²) >= 11 is 1.52. The topological polar surface area (TPSA) is 126 Å². The first-order chi connectivity index (χ1) is 18.0. The number of aliphatic hydroxyl groups is 1. The summed E-state index contributed by atoms with van der Waals surface area (Å²) in [5.74, 6) is 0.648. The Morgan fingerprint density at radius 3 is 2.38 bits per heavy atom. The molecule has 3 N–H and O–H groups in total. The van der Waals surface area contributed by atoms with Crippen LogP contribution in [0.15, 0.2) is 95.2 Å². The molecule has 1 fully saturated rings. The van der Waals surface area contributed by atoms with Crippen molar-refractivity contribution >= 4 is 27.5 Å². The number of aromatic nitrogens is 3. The molecule has 2 heterocycles. The van der Waals surface area contributed by atoms with Crippen LogP contribution < -0.4 is 4.72 Å². The summed E-state index contributed by atoms with van der Waals surface area (Å²) in [4.78, 5) is 4.36. The molecule has 4 aromatic rings. The first-order valence-electron chi connectivity index (χ1n) is 11.7. The van der Waals surface area contributed by atoms with Crippen LogP contribution in [-0.2, 0) is 26.1 Å². The molecule has 0 amide bonds. The fourth-order valence-corrected chi connectivity index (χ4v) is 5.86. The normalized spacial score (nSPS) is 20.0. The SMILES string of the molecule is O=S(=O)(Nc1ccc([C@@H]2O[C@H](CSc3ncn[nH]3)C[C@H](c3ccc(CO)cc3)O2)cc1)c1ccccc1. The number of ether oxygens (including phenoxy) is 2. The fourth-order valence-electron chi connectivity index (χ4n) is 3.98. The smallest absolute Gasteiger partial charge is 0.261 e. The number of aliphatic hydroxyl groups excluding tert-OH is 1. The largest absolute Gasteiger partial charge is 0.392 e. The standard InChI is InChI=1S/C26H26N4O5S2/c31-15-18-6-8-19(9-7-18)24-14-22(16-36-26-27-17-28-29-26)34-25(35-24)20-10-12-21(13-11-20)30-37(32,33)23-4-2-1-3-5-23/h1-13,17,22,24-25,30-31H,14-16H2,(H,27,28,29)/t22-,24+,25+/m0/s1. The highest BCUT2D eigenvalue weighted by Gasteiger charge is 2.32. The lowest BCUT2D eigenvalue weighted by atomic mass is 10.0. The van der Waals surface area contributed by atoms with Crippen molar-refractivity contribution in [2.24, 2.45) is 0 Å². The fraction of sp³-hybridized carbons (Fsp3) is 0.231. The zero-order chi connectivity index (χ0) is 25.7. The lowest BCUT2D eigenvalue weighted by Crippen LogP contribution is -2.31. The molecule has 3 atom stereocenters. The van der Waals surface area contributed by atoms with Crippen LogP contribution in [-0.4, -0.2) is 40.6 Å². The quantitative estimate of drug-likeness (QED) is 0.267. The molecule has 37 heavy (non-hydrogen) atoms. The minimum Gasteiger partial charge on any atom is -0.392 e. The predicted molar refractivity (Wildman–Crippen MR) is 139 cm³/mol. The van der Waals surface area contributed by atoms with Crippen molar-refractivity contribution in [3.05, 3.63) is 102 Å². The van der Waals surface area contributed by atoms with Gasteiger partial charge in [-0.2, -0.15) is 5.10 Å². The van der Waals surface area contributed by atoms with Gasteiger partial charge in [-0.25, -0.2) is 13.4 Å². The van der Waals surface area contributed by atoms with Crippen molar-refractivity contribution in [2.45, 2.75) is 41.6 Å². The summed E-state index contributed by atoms with van der Waals surface area (Å²) in [6.45, 7) is -0.0195. The molecule has 1 aliphatic heterocycles. The third-order valence-electron chi connectivity index (χ3n) is 5.90. The second-order valence-electron chi connectivity index (χ2n) is 8.49. The molecule has 9 nitrogen and oxygen atoms in total. The molecule has 0 bridgehead atoms. The number of anilines is 1. The molecule has 11 heteroatoms. The zero-order valence-electron chi connectivity index (χ0n) is 19.7. The molecule has 0 saturated carbocycles. The third kappa shape index (κ3) is 6.38. The van der Waals surface area contributed by atoms with Crippen LogP contribution in [0.4, 0.5) is 5.69 Å². The number of nitrogens with zero attached hydrogens (tertiary/aromatic N) is 2. The van der Waals surface area contributed by atoms with Gasteiger partial charge in [0.2, 0.25) is 0 Å². The number of nitrogens with one attached hydrogen (secondary N) is 2. The first kappa shape index (κ1) is 25.4. The van der Waals surface area contributed by atoms with Crippen LogP contribution in [0.1, 0.15) is 35.5 Å². The molecule has 1 saturated heterocycles. The van der Waals surface area contributed by atoms with Crippen molar-refractivity contribution in [1.82, 2.24) is 15.2 Å². The summed E-state index contributed by atoms with van der Waals surface area (Å²) in [5.41, 5.74) is 3.04. The summed E-state index contributed by atoms with van der Waals surface area (Å²) in [5, 5.41) is 16.8. The van der Waals surface area contributed by atoms with E-state index in [9.17, 15) is 13.5 Å². The Morgan fingerprint density at radius 2 is 1.70 bits per heavy atom. The summed E-state index contributed by atoms with van der Waals surface area (Å²) in [6.07, 6.45) is 1.12. The van der Waals surface area contributed by atoms with Crippen molar-refractivity contribution in [1.29, 1.82) is 0 Å². The van der Waals surface area contributed by atoms with Crippen LogP contribution in [0.2, 0.25) is 0 Å². The van der Waals surface area contributed by atoms with Gasteiger partial charge in [0.25, 0.3) is 10.0 Å². The van der Waals surface area contributed by atoms with Crippen molar-refractivity contribution in [3.8, 4) is 0 Å². The molecule has 3 aromatic carbocycles. The Balaban J connectivity index is 1.33. The highest BCUT2D eigenvalue weighted by atomic mass is 32.2. The second-order valence-corrected chi connectivity index (χ2v) is 11.2. The van der Waals surface area contributed by atoms with E-state index in [1.165, 1.54) is 18.1 Å². The van der Waals surface area contributed by atoms with Gasteiger partial charge in [-0.1, -0.05) is 66.4 Å². The van der Waals surface area contributed by atoms with Gasteiger partial charge in [-0.15, -0.1) is 0 Å². The summed E-state index contributed by atoms with van der Waals surface area (Å²) in [7, 11) is -3.69. The lowest BCUT2D eigenvalue weighted by molar-refractivity contribution is -0.245. The molecule has 0 unspecified atom stereocenters. The minimum absolute atomic E-state index is 0.0195.